The van der Waals surface area contributed by atoms with Gasteiger partial charge in [-0.2, -0.15) is 0 Å². The van der Waals surface area contributed by atoms with E-state index in [1.807, 2.05) is 48.1 Å². The van der Waals surface area contributed by atoms with Crippen LogP contribution in [0.15, 0.2) is 36.5 Å². The largest absolute Gasteiger partial charge is 0.399 e. The standard InChI is InChI=1S/C12H12N4/c1-16-6-2-3-11(16)12-14-9-5-4-8(13)7-10(9)15-12/h2-7H,13H2,1H3,(H,14,15). The van der Waals surface area contributed by atoms with E-state index < -0.39 is 0 Å². The van der Waals surface area contributed by atoms with Gasteiger partial charge in [-0.3, -0.25) is 0 Å². The van der Waals surface area contributed by atoms with Crippen LogP contribution in [0, 0.1) is 0 Å². The lowest BCUT2D eigenvalue weighted by Gasteiger charge is -1.97. The lowest BCUT2D eigenvalue weighted by atomic mass is 10.3. The van der Waals surface area contributed by atoms with Crippen molar-refractivity contribution in [1.82, 2.24) is 14.5 Å². The predicted octanol–water partition coefficient (Wildman–Crippen LogP) is 2.15. The zero-order chi connectivity index (χ0) is 11.1. The van der Waals surface area contributed by atoms with Crippen LogP contribution < -0.4 is 5.73 Å². The molecule has 16 heavy (non-hydrogen) atoms. The monoisotopic (exact) mass is 212 g/mol. The Morgan fingerprint density at radius 3 is 2.94 bits per heavy atom. The first-order valence-electron chi connectivity index (χ1n) is 5.11. The molecule has 4 heteroatoms. The normalized spacial score (nSPS) is 11.1. The molecule has 2 aromatic heterocycles. The summed E-state index contributed by atoms with van der Waals surface area (Å²) in [4.78, 5) is 7.79. The zero-order valence-corrected chi connectivity index (χ0v) is 8.94. The van der Waals surface area contributed by atoms with E-state index in [2.05, 4.69) is 9.97 Å². The molecule has 0 aliphatic carbocycles. The van der Waals surface area contributed by atoms with Crippen molar-refractivity contribution < 1.29 is 0 Å². The molecule has 0 spiro atoms. The number of aryl methyl sites for hydroxylation is 1. The minimum absolute atomic E-state index is 0.745. The number of nitrogens with zero attached hydrogens (tertiary/aromatic N) is 2. The second kappa shape index (κ2) is 3.13. The van der Waals surface area contributed by atoms with E-state index in [9.17, 15) is 0 Å². The van der Waals surface area contributed by atoms with Crippen molar-refractivity contribution in [2.45, 2.75) is 0 Å². The van der Waals surface area contributed by atoms with Gasteiger partial charge >= 0.3 is 0 Å². The Morgan fingerprint density at radius 2 is 2.19 bits per heavy atom. The summed E-state index contributed by atoms with van der Waals surface area (Å²) in [5.74, 6) is 0.869. The highest BCUT2D eigenvalue weighted by atomic mass is 15.0. The lowest BCUT2D eigenvalue weighted by Crippen LogP contribution is -1.90. The maximum atomic E-state index is 5.73. The number of nitrogen functional groups attached to an aromatic ring is 1. The van der Waals surface area contributed by atoms with Gasteiger partial charge in [-0.1, -0.05) is 0 Å². The number of H-pyrrole nitrogens is 1. The SMILES string of the molecule is Cn1cccc1-c1nc2ccc(N)cc2[nH]1. The Kier molecular flexibility index (Phi) is 1.77. The third-order valence-electron chi connectivity index (χ3n) is 2.69. The van der Waals surface area contributed by atoms with E-state index >= 15 is 0 Å². The number of aromatic nitrogens is 3. The van der Waals surface area contributed by atoms with Gasteiger partial charge in [-0.25, -0.2) is 4.98 Å². The zero-order valence-electron chi connectivity index (χ0n) is 8.94. The van der Waals surface area contributed by atoms with Crippen molar-refractivity contribution in [3.05, 3.63) is 36.5 Å². The summed E-state index contributed by atoms with van der Waals surface area (Å²) >= 11 is 0. The van der Waals surface area contributed by atoms with Gasteiger partial charge in [0.15, 0.2) is 5.82 Å². The molecule has 0 radical (unpaired) electrons. The number of benzene rings is 1. The van der Waals surface area contributed by atoms with E-state index in [-0.39, 0.29) is 0 Å². The van der Waals surface area contributed by atoms with Gasteiger partial charge in [0.2, 0.25) is 0 Å². The molecule has 0 aliphatic heterocycles. The van der Waals surface area contributed by atoms with Crippen LogP contribution in [0.4, 0.5) is 5.69 Å². The van der Waals surface area contributed by atoms with Gasteiger partial charge in [0.25, 0.3) is 0 Å². The minimum atomic E-state index is 0.745. The van der Waals surface area contributed by atoms with Crippen LogP contribution in [-0.4, -0.2) is 14.5 Å². The number of anilines is 1. The molecule has 0 saturated carbocycles. The summed E-state index contributed by atoms with van der Waals surface area (Å²) in [6.45, 7) is 0. The van der Waals surface area contributed by atoms with Crippen LogP contribution in [0.2, 0.25) is 0 Å². The molecule has 0 bridgehead atoms. The summed E-state index contributed by atoms with van der Waals surface area (Å²) in [7, 11) is 2.00. The Labute approximate surface area is 92.7 Å². The molecule has 0 unspecified atom stereocenters. The third kappa shape index (κ3) is 1.27. The van der Waals surface area contributed by atoms with Crippen molar-refractivity contribution in [2.24, 2.45) is 7.05 Å². The number of nitrogens with one attached hydrogen (secondary N) is 1. The highest BCUT2D eigenvalue weighted by molar-refractivity contribution is 5.81. The van der Waals surface area contributed by atoms with Crippen molar-refractivity contribution in [1.29, 1.82) is 0 Å². The quantitative estimate of drug-likeness (QED) is 0.607. The third-order valence-corrected chi connectivity index (χ3v) is 2.69. The number of hydrogen-bond acceptors (Lipinski definition) is 2. The molecule has 3 rings (SSSR count). The van der Waals surface area contributed by atoms with Gasteiger partial charge in [-0.15, -0.1) is 0 Å². The number of fused-ring (bicyclic) bond motifs is 1. The maximum absolute atomic E-state index is 5.73. The molecule has 0 saturated heterocycles. The van der Waals surface area contributed by atoms with Crippen molar-refractivity contribution in [2.75, 3.05) is 5.73 Å². The van der Waals surface area contributed by atoms with Crippen LogP contribution in [0.25, 0.3) is 22.6 Å². The first kappa shape index (κ1) is 9.03. The summed E-state index contributed by atoms with van der Waals surface area (Å²) in [6.07, 6.45) is 2.00. The first-order valence-corrected chi connectivity index (χ1v) is 5.11. The molecule has 2 heterocycles. The summed E-state index contributed by atoms with van der Waals surface area (Å²) in [5, 5.41) is 0. The fraction of sp³-hybridized carbons (Fsp3) is 0.0833. The van der Waals surface area contributed by atoms with Crippen molar-refractivity contribution >= 4 is 16.7 Å². The second-order valence-corrected chi connectivity index (χ2v) is 3.87. The van der Waals surface area contributed by atoms with E-state index in [1.165, 1.54) is 0 Å². The van der Waals surface area contributed by atoms with Crippen LogP contribution in [0.1, 0.15) is 0 Å². The summed E-state index contributed by atoms with van der Waals surface area (Å²) < 4.78 is 2.03. The van der Waals surface area contributed by atoms with Crippen LogP contribution >= 0.6 is 0 Å². The molecule has 3 aromatic rings. The Balaban J connectivity index is 2.23. The second-order valence-electron chi connectivity index (χ2n) is 3.87. The van der Waals surface area contributed by atoms with E-state index in [0.29, 0.717) is 0 Å². The van der Waals surface area contributed by atoms with Gasteiger partial charge in [0.05, 0.1) is 16.7 Å². The van der Waals surface area contributed by atoms with E-state index in [0.717, 1.165) is 28.2 Å². The smallest absolute Gasteiger partial charge is 0.155 e. The average Bonchev–Trinajstić information content (AvgIpc) is 2.82. The average molecular weight is 212 g/mol. The molecule has 80 valence electrons. The highest BCUT2D eigenvalue weighted by Gasteiger charge is 2.07. The van der Waals surface area contributed by atoms with Gasteiger partial charge in [-0.05, 0) is 30.3 Å². The molecule has 1 aromatic carbocycles. The molecule has 0 atom stereocenters. The van der Waals surface area contributed by atoms with Gasteiger partial charge in [0.1, 0.15) is 0 Å². The van der Waals surface area contributed by atoms with Crippen molar-refractivity contribution in [3.63, 3.8) is 0 Å². The first-order chi connectivity index (χ1) is 7.74. The number of aromatic amines is 1. The number of nitrogens with two attached hydrogens (primary N) is 1. The van der Waals surface area contributed by atoms with Gasteiger partial charge < -0.3 is 15.3 Å². The number of rotatable bonds is 1. The minimum Gasteiger partial charge on any atom is -0.399 e. The van der Waals surface area contributed by atoms with Crippen molar-refractivity contribution in [3.8, 4) is 11.5 Å². The van der Waals surface area contributed by atoms with Gasteiger partial charge in [0, 0.05) is 18.9 Å². The molecule has 0 fully saturated rings. The van der Waals surface area contributed by atoms with Crippen LogP contribution in [0.5, 0.6) is 0 Å². The molecule has 4 nitrogen and oxygen atoms in total. The van der Waals surface area contributed by atoms with Crippen LogP contribution in [-0.2, 0) is 7.05 Å². The lowest BCUT2D eigenvalue weighted by molar-refractivity contribution is 0.927. The predicted molar refractivity (Wildman–Crippen MR) is 64.9 cm³/mol. The maximum Gasteiger partial charge on any atom is 0.155 e. The Hall–Kier alpha value is -2.23. The number of hydrogen-bond donors (Lipinski definition) is 2. The molecule has 0 amide bonds. The molecule has 0 aliphatic rings. The molecule has 3 N–H and O–H groups in total. The topological polar surface area (TPSA) is 59.6 Å². The molecular weight excluding hydrogens is 200 g/mol. The fourth-order valence-electron chi connectivity index (χ4n) is 1.86. The van der Waals surface area contributed by atoms with E-state index in [1.54, 1.807) is 0 Å². The molecular formula is C12H12N4. The van der Waals surface area contributed by atoms with Crippen LogP contribution in [0.3, 0.4) is 0 Å². The number of imidazole rings is 1. The fourth-order valence-corrected chi connectivity index (χ4v) is 1.86. The highest BCUT2D eigenvalue weighted by Crippen LogP contribution is 2.21. The summed E-state index contributed by atoms with van der Waals surface area (Å²) in [6, 6.07) is 9.71. The summed E-state index contributed by atoms with van der Waals surface area (Å²) in [5.41, 5.74) is 9.44. The van der Waals surface area contributed by atoms with E-state index in [4.69, 9.17) is 5.73 Å². The Bertz CT molecular complexity index is 648. The Morgan fingerprint density at radius 1 is 1.31 bits per heavy atom.